The predicted molar refractivity (Wildman–Crippen MR) is 119 cm³/mol. The Balaban J connectivity index is 1.39. The van der Waals surface area contributed by atoms with Crippen molar-refractivity contribution in [3.05, 3.63) is 72.0 Å². The van der Waals surface area contributed by atoms with Crippen molar-refractivity contribution in [3.63, 3.8) is 0 Å². The van der Waals surface area contributed by atoms with Crippen LogP contribution in [0.2, 0.25) is 0 Å². The zero-order valence-electron chi connectivity index (χ0n) is 18.2. The van der Waals surface area contributed by atoms with Crippen molar-refractivity contribution in [2.45, 2.75) is 31.7 Å². The van der Waals surface area contributed by atoms with Gasteiger partial charge in [-0.25, -0.2) is 4.39 Å². The number of aryl methyl sites for hydroxylation is 1. The molecule has 0 spiro atoms. The fourth-order valence-electron chi connectivity index (χ4n) is 4.20. The molecule has 1 amide bonds. The fourth-order valence-corrected chi connectivity index (χ4v) is 4.20. The standard InChI is InChI=1S/C24H23FN6O2/c1-30-28-21(16-10-12-18(25)13-11-16)22(29-30)24(32)31-14-6-5-9-19(31)15-20-26-27-23(33-20)17-7-3-2-4-8-17/h2-4,7-8,10-13,19H,5-6,9,14-15H2,1H3. The SMILES string of the molecule is Cn1nc(C(=O)N2CCCCC2Cc2nnc(-c3ccccc3)o2)c(-c2ccc(F)cc2)n1. The molecule has 3 heterocycles. The van der Waals surface area contributed by atoms with Gasteiger partial charge in [-0.1, -0.05) is 18.2 Å². The van der Waals surface area contributed by atoms with Gasteiger partial charge in [-0.2, -0.15) is 9.90 Å². The lowest BCUT2D eigenvalue weighted by Crippen LogP contribution is -2.45. The van der Waals surface area contributed by atoms with E-state index in [1.807, 2.05) is 35.2 Å². The van der Waals surface area contributed by atoms with Crippen molar-refractivity contribution in [2.24, 2.45) is 7.05 Å². The molecular formula is C24H23FN6O2. The second-order valence-corrected chi connectivity index (χ2v) is 8.11. The van der Waals surface area contributed by atoms with Gasteiger partial charge in [-0.05, 0) is 55.7 Å². The van der Waals surface area contributed by atoms with Crippen LogP contribution in [0.5, 0.6) is 0 Å². The van der Waals surface area contributed by atoms with Crippen molar-refractivity contribution in [1.82, 2.24) is 30.1 Å². The molecule has 5 rings (SSSR count). The van der Waals surface area contributed by atoms with Crippen LogP contribution < -0.4 is 0 Å². The summed E-state index contributed by atoms with van der Waals surface area (Å²) in [5, 5.41) is 17.1. The maximum atomic E-state index is 13.6. The number of halogens is 1. The van der Waals surface area contributed by atoms with Crippen molar-refractivity contribution >= 4 is 5.91 Å². The van der Waals surface area contributed by atoms with Crippen LogP contribution in [-0.2, 0) is 13.5 Å². The van der Waals surface area contributed by atoms with Gasteiger partial charge in [0.05, 0.1) is 0 Å². The first-order valence-corrected chi connectivity index (χ1v) is 10.9. The van der Waals surface area contributed by atoms with Gasteiger partial charge in [0.15, 0.2) is 5.69 Å². The number of likely N-dealkylation sites (tertiary alicyclic amines) is 1. The van der Waals surface area contributed by atoms with Crippen molar-refractivity contribution < 1.29 is 13.6 Å². The number of aromatic nitrogens is 5. The molecule has 0 bridgehead atoms. The maximum Gasteiger partial charge on any atom is 0.276 e. The van der Waals surface area contributed by atoms with Crippen LogP contribution in [-0.4, -0.2) is 48.6 Å². The van der Waals surface area contributed by atoms with Crippen molar-refractivity contribution in [2.75, 3.05) is 6.54 Å². The van der Waals surface area contributed by atoms with E-state index in [1.165, 1.54) is 16.9 Å². The van der Waals surface area contributed by atoms with Crippen LogP contribution >= 0.6 is 0 Å². The number of nitrogens with zero attached hydrogens (tertiary/aromatic N) is 6. The quantitative estimate of drug-likeness (QED) is 0.462. The fraction of sp³-hybridized carbons (Fsp3) is 0.292. The molecule has 0 aliphatic carbocycles. The molecule has 1 aliphatic rings. The lowest BCUT2D eigenvalue weighted by atomic mass is 9.98. The summed E-state index contributed by atoms with van der Waals surface area (Å²) < 4.78 is 19.3. The van der Waals surface area contributed by atoms with Crippen molar-refractivity contribution in [1.29, 1.82) is 0 Å². The molecule has 0 N–H and O–H groups in total. The van der Waals surface area contributed by atoms with E-state index in [-0.39, 0.29) is 23.5 Å². The van der Waals surface area contributed by atoms with E-state index in [0.29, 0.717) is 36.0 Å². The lowest BCUT2D eigenvalue weighted by molar-refractivity contribution is 0.0599. The first-order valence-electron chi connectivity index (χ1n) is 10.9. The highest BCUT2D eigenvalue weighted by Crippen LogP contribution is 2.27. The Kier molecular flexibility index (Phi) is 5.68. The normalized spacial score (nSPS) is 16.2. The summed E-state index contributed by atoms with van der Waals surface area (Å²) in [7, 11) is 1.67. The molecule has 2 aromatic heterocycles. The molecular weight excluding hydrogens is 423 g/mol. The lowest BCUT2D eigenvalue weighted by Gasteiger charge is -2.34. The molecule has 0 saturated carbocycles. The Morgan fingerprint density at radius 1 is 1.03 bits per heavy atom. The number of hydrogen-bond donors (Lipinski definition) is 0. The highest BCUT2D eigenvalue weighted by molar-refractivity contribution is 5.98. The minimum atomic E-state index is -0.346. The summed E-state index contributed by atoms with van der Waals surface area (Å²) in [5.41, 5.74) is 2.20. The maximum absolute atomic E-state index is 13.6. The van der Waals surface area contributed by atoms with Crippen molar-refractivity contribution in [3.8, 4) is 22.7 Å². The van der Waals surface area contributed by atoms with E-state index in [4.69, 9.17) is 4.42 Å². The Labute approximate surface area is 190 Å². The van der Waals surface area contributed by atoms with Crippen LogP contribution in [0.25, 0.3) is 22.7 Å². The smallest absolute Gasteiger partial charge is 0.276 e. The van der Waals surface area contributed by atoms with Gasteiger partial charge in [-0.15, -0.1) is 15.3 Å². The second-order valence-electron chi connectivity index (χ2n) is 8.11. The third kappa shape index (κ3) is 4.39. The topological polar surface area (TPSA) is 89.9 Å². The van der Waals surface area contributed by atoms with E-state index in [0.717, 1.165) is 24.8 Å². The minimum Gasteiger partial charge on any atom is -0.421 e. The van der Waals surface area contributed by atoms with E-state index >= 15 is 0 Å². The Bertz CT molecular complexity index is 1250. The van der Waals surface area contributed by atoms with Gasteiger partial charge in [0.25, 0.3) is 5.91 Å². The molecule has 1 unspecified atom stereocenters. The van der Waals surface area contributed by atoms with E-state index in [9.17, 15) is 9.18 Å². The monoisotopic (exact) mass is 446 g/mol. The third-order valence-corrected chi connectivity index (χ3v) is 5.82. The molecule has 1 aliphatic heterocycles. The first kappa shape index (κ1) is 21.0. The highest BCUT2D eigenvalue weighted by Gasteiger charge is 2.32. The number of carbonyl (C=O) groups excluding carboxylic acids is 1. The summed E-state index contributed by atoms with van der Waals surface area (Å²) in [6.45, 7) is 0.614. The summed E-state index contributed by atoms with van der Waals surface area (Å²) in [4.78, 5) is 16.8. The second kappa shape index (κ2) is 8.93. The van der Waals surface area contributed by atoms with Gasteiger partial charge in [0.2, 0.25) is 11.8 Å². The molecule has 1 saturated heterocycles. The summed E-state index contributed by atoms with van der Waals surface area (Å²) in [6.07, 6.45) is 3.23. The van der Waals surface area contributed by atoms with Gasteiger partial charge < -0.3 is 9.32 Å². The Morgan fingerprint density at radius 3 is 2.61 bits per heavy atom. The van der Waals surface area contributed by atoms with Gasteiger partial charge >= 0.3 is 0 Å². The van der Waals surface area contributed by atoms with Gasteiger partial charge in [-0.3, -0.25) is 4.79 Å². The number of piperidine rings is 1. The minimum absolute atomic E-state index is 0.0848. The molecule has 1 fully saturated rings. The molecule has 33 heavy (non-hydrogen) atoms. The van der Waals surface area contributed by atoms with Crippen LogP contribution in [0, 0.1) is 5.82 Å². The van der Waals surface area contributed by atoms with E-state index in [2.05, 4.69) is 20.4 Å². The average molecular weight is 446 g/mol. The summed E-state index contributed by atoms with van der Waals surface area (Å²) >= 11 is 0. The predicted octanol–water partition coefficient (Wildman–Crippen LogP) is 3.91. The number of hydrogen-bond acceptors (Lipinski definition) is 6. The molecule has 4 aromatic rings. The molecule has 9 heteroatoms. The van der Waals surface area contributed by atoms with Crippen LogP contribution in [0.4, 0.5) is 4.39 Å². The Morgan fingerprint density at radius 2 is 1.82 bits per heavy atom. The van der Waals surface area contributed by atoms with Crippen LogP contribution in [0.1, 0.15) is 35.6 Å². The van der Waals surface area contributed by atoms with E-state index < -0.39 is 0 Å². The van der Waals surface area contributed by atoms with Crippen LogP contribution in [0.15, 0.2) is 59.0 Å². The zero-order valence-corrected chi connectivity index (χ0v) is 18.2. The molecule has 8 nitrogen and oxygen atoms in total. The molecule has 2 aromatic carbocycles. The van der Waals surface area contributed by atoms with Gasteiger partial charge in [0, 0.05) is 37.2 Å². The Hall–Kier alpha value is -3.88. The number of carbonyl (C=O) groups is 1. The highest BCUT2D eigenvalue weighted by atomic mass is 19.1. The van der Waals surface area contributed by atoms with E-state index in [1.54, 1.807) is 19.2 Å². The third-order valence-electron chi connectivity index (χ3n) is 5.82. The molecule has 168 valence electrons. The average Bonchev–Trinajstić information content (AvgIpc) is 3.47. The number of rotatable bonds is 5. The largest absolute Gasteiger partial charge is 0.421 e. The van der Waals surface area contributed by atoms with Gasteiger partial charge in [0.1, 0.15) is 11.5 Å². The number of benzene rings is 2. The summed E-state index contributed by atoms with van der Waals surface area (Å²) in [5.74, 6) is 0.416. The summed E-state index contributed by atoms with van der Waals surface area (Å²) in [6, 6.07) is 15.4. The van der Waals surface area contributed by atoms with Crippen LogP contribution in [0.3, 0.4) is 0 Å². The number of amides is 1. The molecule has 0 radical (unpaired) electrons. The first-order chi connectivity index (χ1) is 16.1. The zero-order chi connectivity index (χ0) is 22.8. The molecule has 1 atom stereocenters.